The molecule has 2 rings (SSSR count). The van der Waals surface area contributed by atoms with Gasteiger partial charge in [0, 0.05) is 12.4 Å². The molecule has 0 fully saturated rings. The van der Waals surface area contributed by atoms with E-state index >= 15 is 0 Å². The van der Waals surface area contributed by atoms with E-state index in [1.807, 2.05) is 0 Å². The van der Waals surface area contributed by atoms with Crippen LogP contribution in [0.1, 0.15) is 0 Å². The molecule has 0 atom stereocenters. The topological polar surface area (TPSA) is 66.5 Å². The molecule has 0 saturated carbocycles. The van der Waals surface area contributed by atoms with E-state index in [0.29, 0.717) is 5.95 Å². The molecule has 2 N–H and O–H groups in total. The molecular formula is C7H7N5. The van der Waals surface area contributed by atoms with Crippen LogP contribution in [0.3, 0.4) is 0 Å². The Bertz CT molecular complexity index is 328. The second kappa shape index (κ2) is 3.00. The number of aromatic nitrogens is 4. The lowest BCUT2D eigenvalue weighted by molar-refractivity contribution is 1.16. The van der Waals surface area contributed by atoms with Gasteiger partial charge >= 0.3 is 0 Å². The fourth-order valence-corrected chi connectivity index (χ4v) is 0.834. The van der Waals surface area contributed by atoms with Crippen molar-refractivity contribution in [1.29, 1.82) is 0 Å². The van der Waals surface area contributed by atoms with E-state index in [-0.39, 0.29) is 0 Å². The van der Waals surface area contributed by atoms with Gasteiger partial charge < -0.3 is 10.3 Å². The third kappa shape index (κ3) is 1.39. The molecule has 0 spiro atoms. The van der Waals surface area contributed by atoms with E-state index in [1.54, 1.807) is 24.8 Å². The number of anilines is 2. The van der Waals surface area contributed by atoms with Gasteiger partial charge in [-0.15, -0.1) is 0 Å². The van der Waals surface area contributed by atoms with Crippen LogP contribution in [0.25, 0.3) is 0 Å². The molecular weight excluding hydrogens is 154 g/mol. The maximum atomic E-state index is 3.99. The minimum atomic E-state index is 0.685. The van der Waals surface area contributed by atoms with Crippen molar-refractivity contribution in [2.24, 2.45) is 0 Å². The summed E-state index contributed by atoms with van der Waals surface area (Å²) in [5, 5.41) is 2.99. The summed E-state index contributed by atoms with van der Waals surface area (Å²) in [6, 6.07) is 0. The van der Waals surface area contributed by atoms with Crippen LogP contribution < -0.4 is 5.32 Å². The Hall–Kier alpha value is -1.91. The predicted molar refractivity (Wildman–Crippen MR) is 43.9 cm³/mol. The van der Waals surface area contributed by atoms with Crippen molar-refractivity contribution in [3.05, 3.63) is 31.1 Å². The van der Waals surface area contributed by atoms with Gasteiger partial charge in [0.05, 0.1) is 18.1 Å². The number of aromatic amines is 1. The first-order valence-electron chi connectivity index (χ1n) is 3.46. The normalized spacial score (nSPS) is 9.67. The Morgan fingerprint density at radius 1 is 1.25 bits per heavy atom. The molecule has 0 aliphatic rings. The Labute approximate surface area is 68.9 Å². The first kappa shape index (κ1) is 6.78. The lowest BCUT2D eigenvalue weighted by Crippen LogP contribution is -1.92. The molecule has 0 unspecified atom stereocenters. The molecule has 12 heavy (non-hydrogen) atoms. The Morgan fingerprint density at radius 3 is 2.75 bits per heavy atom. The summed E-state index contributed by atoms with van der Waals surface area (Å²) in [5.74, 6) is 0.685. The fraction of sp³-hybridized carbons (Fsp3) is 0. The average molecular weight is 161 g/mol. The zero-order valence-corrected chi connectivity index (χ0v) is 6.23. The van der Waals surface area contributed by atoms with Crippen molar-refractivity contribution in [3.63, 3.8) is 0 Å². The van der Waals surface area contributed by atoms with E-state index in [1.165, 1.54) is 6.33 Å². The molecule has 0 radical (unpaired) electrons. The van der Waals surface area contributed by atoms with Crippen molar-refractivity contribution in [3.8, 4) is 0 Å². The first-order chi connectivity index (χ1) is 5.95. The monoisotopic (exact) mass is 161 g/mol. The molecule has 5 heteroatoms. The largest absolute Gasteiger partial charge is 0.331 e. The number of rotatable bonds is 2. The van der Waals surface area contributed by atoms with E-state index < -0.39 is 0 Å². The van der Waals surface area contributed by atoms with Gasteiger partial charge in [-0.25, -0.2) is 15.0 Å². The average Bonchev–Trinajstić information content (AvgIpc) is 2.59. The lowest BCUT2D eigenvalue weighted by atomic mass is 10.5. The highest BCUT2D eigenvalue weighted by molar-refractivity contribution is 5.49. The Balaban J connectivity index is 2.15. The van der Waals surface area contributed by atoms with Crippen molar-refractivity contribution in [1.82, 2.24) is 19.9 Å². The van der Waals surface area contributed by atoms with Crippen LogP contribution in [0.4, 0.5) is 11.6 Å². The minimum absolute atomic E-state index is 0.685. The fourth-order valence-electron chi connectivity index (χ4n) is 0.834. The van der Waals surface area contributed by atoms with Gasteiger partial charge in [0.2, 0.25) is 5.95 Å². The summed E-state index contributed by atoms with van der Waals surface area (Å²) < 4.78 is 0. The van der Waals surface area contributed by atoms with Crippen LogP contribution in [0.2, 0.25) is 0 Å². The van der Waals surface area contributed by atoms with Crippen molar-refractivity contribution >= 4 is 11.6 Å². The first-order valence-corrected chi connectivity index (χ1v) is 3.46. The molecule has 2 aromatic rings. The number of imidazole rings is 1. The maximum Gasteiger partial charge on any atom is 0.204 e. The van der Waals surface area contributed by atoms with Crippen LogP contribution in [0.15, 0.2) is 31.1 Å². The van der Waals surface area contributed by atoms with Crippen LogP contribution in [0.5, 0.6) is 0 Å². The molecule has 0 saturated heterocycles. The predicted octanol–water partition coefficient (Wildman–Crippen LogP) is 0.943. The molecule has 0 aromatic carbocycles. The molecule has 0 aliphatic heterocycles. The smallest absolute Gasteiger partial charge is 0.204 e. The highest BCUT2D eigenvalue weighted by Crippen LogP contribution is 2.07. The zero-order valence-electron chi connectivity index (χ0n) is 6.23. The van der Waals surface area contributed by atoms with Gasteiger partial charge in [0.1, 0.15) is 6.33 Å². The number of nitrogens with zero attached hydrogens (tertiary/aromatic N) is 3. The minimum Gasteiger partial charge on any atom is -0.331 e. The third-order valence-electron chi connectivity index (χ3n) is 1.32. The van der Waals surface area contributed by atoms with Crippen LogP contribution in [0, 0.1) is 0 Å². The number of nitrogens with one attached hydrogen (secondary N) is 2. The van der Waals surface area contributed by atoms with Crippen molar-refractivity contribution < 1.29 is 0 Å². The molecule has 2 heterocycles. The molecule has 0 aliphatic carbocycles. The summed E-state index contributed by atoms with van der Waals surface area (Å²) in [5.41, 5.74) is 0.812. The molecule has 60 valence electrons. The van der Waals surface area contributed by atoms with Crippen LogP contribution in [-0.2, 0) is 0 Å². The molecule has 0 bridgehead atoms. The van der Waals surface area contributed by atoms with Gasteiger partial charge in [0.25, 0.3) is 0 Å². The number of hydrogen-bond donors (Lipinski definition) is 2. The van der Waals surface area contributed by atoms with E-state index in [0.717, 1.165) is 5.69 Å². The van der Waals surface area contributed by atoms with Gasteiger partial charge in [-0.2, -0.15) is 0 Å². The van der Waals surface area contributed by atoms with Gasteiger partial charge in [-0.05, 0) is 0 Å². The number of hydrogen-bond acceptors (Lipinski definition) is 4. The standard InChI is InChI=1S/C7H7N5/c1-2-11-7(10-1)12-6-3-8-5-9-4-6/h1-5H,(H2,10,11,12). The van der Waals surface area contributed by atoms with Gasteiger partial charge in [0.15, 0.2) is 0 Å². The summed E-state index contributed by atoms with van der Waals surface area (Å²) in [7, 11) is 0. The molecule has 5 nitrogen and oxygen atoms in total. The Morgan fingerprint density at radius 2 is 2.08 bits per heavy atom. The van der Waals surface area contributed by atoms with Gasteiger partial charge in [-0.3, -0.25) is 0 Å². The highest BCUT2D eigenvalue weighted by atomic mass is 15.1. The highest BCUT2D eigenvalue weighted by Gasteiger charge is 1.93. The quantitative estimate of drug-likeness (QED) is 0.688. The summed E-state index contributed by atoms with van der Waals surface area (Å²) >= 11 is 0. The second-order valence-corrected chi connectivity index (χ2v) is 2.19. The SMILES string of the molecule is c1ncc(Nc2ncc[nH]2)cn1. The van der Waals surface area contributed by atoms with Gasteiger partial charge in [-0.1, -0.05) is 0 Å². The molecule has 0 amide bonds. The summed E-state index contributed by atoms with van der Waals surface area (Å²) in [6.07, 6.45) is 8.25. The molecule has 2 aromatic heterocycles. The van der Waals surface area contributed by atoms with Crippen LogP contribution >= 0.6 is 0 Å². The maximum absolute atomic E-state index is 3.99. The van der Waals surface area contributed by atoms with E-state index in [4.69, 9.17) is 0 Å². The zero-order chi connectivity index (χ0) is 8.23. The Kier molecular flexibility index (Phi) is 1.69. The van der Waals surface area contributed by atoms with Crippen molar-refractivity contribution in [2.45, 2.75) is 0 Å². The van der Waals surface area contributed by atoms with E-state index in [2.05, 4.69) is 25.3 Å². The van der Waals surface area contributed by atoms with E-state index in [9.17, 15) is 0 Å². The summed E-state index contributed by atoms with van der Waals surface area (Å²) in [4.78, 5) is 14.6. The lowest BCUT2D eigenvalue weighted by Gasteiger charge is -1.98. The third-order valence-corrected chi connectivity index (χ3v) is 1.32. The summed E-state index contributed by atoms with van der Waals surface area (Å²) in [6.45, 7) is 0. The second-order valence-electron chi connectivity index (χ2n) is 2.19. The van der Waals surface area contributed by atoms with Crippen molar-refractivity contribution in [2.75, 3.05) is 5.32 Å². The number of H-pyrrole nitrogens is 1. The van der Waals surface area contributed by atoms with Crippen LogP contribution in [-0.4, -0.2) is 19.9 Å².